The average molecular weight is 282 g/mol. The lowest BCUT2D eigenvalue weighted by Gasteiger charge is -2.11. The Balaban J connectivity index is 2.03. The molecule has 2 rings (SSSR count). The van der Waals surface area contributed by atoms with Crippen molar-refractivity contribution >= 4 is 5.78 Å². The second kappa shape index (κ2) is 6.57. The van der Waals surface area contributed by atoms with Gasteiger partial charge in [0.25, 0.3) is 0 Å². The molecule has 0 bridgehead atoms. The topological polar surface area (TPSA) is 26.3 Å². The van der Waals surface area contributed by atoms with E-state index in [-0.39, 0.29) is 12.4 Å². The second-order valence-electron chi connectivity index (χ2n) is 5.69. The fraction of sp³-hybridized carbons (Fsp3) is 0.316. The van der Waals surface area contributed by atoms with E-state index >= 15 is 0 Å². The standard InChI is InChI=1S/C19H22O2/c1-13(2)16-8-10-17(11-9-16)18(20)12-21-19-7-5-6-14(3)15(19)4/h5-11,13H,12H2,1-4H3. The number of carbonyl (C=O) groups is 1. The van der Waals surface area contributed by atoms with Gasteiger partial charge in [0.05, 0.1) is 0 Å². The minimum absolute atomic E-state index is 0.00575. The quantitative estimate of drug-likeness (QED) is 0.744. The van der Waals surface area contributed by atoms with E-state index in [0.717, 1.165) is 11.3 Å². The van der Waals surface area contributed by atoms with Gasteiger partial charge in [0, 0.05) is 5.56 Å². The van der Waals surface area contributed by atoms with Crippen LogP contribution < -0.4 is 4.74 Å². The first-order valence-corrected chi connectivity index (χ1v) is 7.31. The summed E-state index contributed by atoms with van der Waals surface area (Å²) in [5, 5.41) is 0. The summed E-state index contributed by atoms with van der Waals surface area (Å²) >= 11 is 0. The summed E-state index contributed by atoms with van der Waals surface area (Å²) in [5.74, 6) is 1.26. The molecule has 110 valence electrons. The molecule has 0 fully saturated rings. The van der Waals surface area contributed by atoms with Gasteiger partial charge < -0.3 is 4.74 Å². The molecule has 0 saturated carbocycles. The molecule has 2 nitrogen and oxygen atoms in total. The van der Waals surface area contributed by atoms with E-state index < -0.39 is 0 Å². The van der Waals surface area contributed by atoms with Crippen molar-refractivity contribution in [1.82, 2.24) is 0 Å². The van der Waals surface area contributed by atoms with Crippen molar-refractivity contribution in [2.75, 3.05) is 6.61 Å². The number of rotatable bonds is 5. The third-order valence-electron chi connectivity index (χ3n) is 3.81. The maximum absolute atomic E-state index is 12.2. The van der Waals surface area contributed by atoms with Crippen LogP contribution in [0.3, 0.4) is 0 Å². The van der Waals surface area contributed by atoms with Gasteiger partial charge in [0.2, 0.25) is 0 Å². The highest BCUT2D eigenvalue weighted by Gasteiger charge is 2.09. The molecule has 0 aromatic heterocycles. The second-order valence-corrected chi connectivity index (χ2v) is 5.69. The van der Waals surface area contributed by atoms with Crippen LogP contribution in [-0.2, 0) is 0 Å². The van der Waals surface area contributed by atoms with Gasteiger partial charge in [0.1, 0.15) is 5.75 Å². The Hall–Kier alpha value is -2.09. The smallest absolute Gasteiger partial charge is 0.200 e. The lowest BCUT2D eigenvalue weighted by molar-refractivity contribution is 0.0921. The number of ether oxygens (including phenoxy) is 1. The lowest BCUT2D eigenvalue weighted by atomic mass is 10.0. The Bertz CT molecular complexity index is 625. The van der Waals surface area contributed by atoms with Crippen LogP contribution in [0, 0.1) is 13.8 Å². The van der Waals surface area contributed by atoms with Crippen molar-refractivity contribution in [3.05, 3.63) is 64.7 Å². The van der Waals surface area contributed by atoms with Gasteiger partial charge in [-0.15, -0.1) is 0 Å². The summed E-state index contributed by atoms with van der Waals surface area (Å²) in [4.78, 5) is 12.2. The number of Topliss-reactive ketones (excluding diaryl/α,β-unsaturated/α-hetero) is 1. The van der Waals surface area contributed by atoms with Gasteiger partial charge in [0.15, 0.2) is 12.4 Å². The lowest BCUT2D eigenvalue weighted by Crippen LogP contribution is -2.12. The van der Waals surface area contributed by atoms with Gasteiger partial charge in [-0.05, 0) is 42.5 Å². The third kappa shape index (κ3) is 3.72. The summed E-state index contributed by atoms with van der Waals surface area (Å²) in [6, 6.07) is 13.7. The molecular formula is C19H22O2. The number of ketones is 1. The molecule has 0 aliphatic heterocycles. The Labute approximate surface area is 126 Å². The summed E-state index contributed by atoms with van der Waals surface area (Å²) < 4.78 is 5.66. The van der Waals surface area contributed by atoms with Crippen LogP contribution >= 0.6 is 0 Å². The van der Waals surface area contributed by atoms with Crippen LogP contribution in [0.1, 0.15) is 46.8 Å². The monoisotopic (exact) mass is 282 g/mol. The molecule has 0 amide bonds. The van der Waals surface area contributed by atoms with Gasteiger partial charge >= 0.3 is 0 Å². The Morgan fingerprint density at radius 3 is 2.33 bits per heavy atom. The molecule has 0 unspecified atom stereocenters. The van der Waals surface area contributed by atoms with Crippen LogP contribution in [0.2, 0.25) is 0 Å². The zero-order valence-electron chi connectivity index (χ0n) is 13.1. The molecular weight excluding hydrogens is 260 g/mol. The van der Waals surface area contributed by atoms with Crippen LogP contribution in [0.4, 0.5) is 0 Å². The number of aryl methyl sites for hydroxylation is 1. The summed E-state index contributed by atoms with van der Waals surface area (Å²) in [5.41, 5.74) is 4.19. The van der Waals surface area contributed by atoms with Crippen molar-refractivity contribution < 1.29 is 9.53 Å². The van der Waals surface area contributed by atoms with E-state index in [1.54, 1.807) is 0 Å². The summed E-state index contributed by atoms with van der Waals surface area (Å²) in [6.07, 6.45) is 0. The molecule has 0 N–H and O–H groups in total. The maximum atomic E-state index is 12.2. The van der Waals surface area contributed by atoms with Crippen LogP contribution in [0.5, 0.6) is 5.75 Å². The van der Waals surface area contributed by atoms with Crippen molar-refractivity contribution in [2.24, 2.45) is 0 Å². The van der Waals surface area contributed by atoms with Crippen molar-refractivity contribution in [3.8, 4) is 5.75 Å². The van der Waals surface area contributed by atoms with Gasteiger partial charge in [-0.1, -0.05) is 50.2 Å². The fourth-order valence-corrected chi connectivity index (χ4v) is 2.16. The summed E-state index contributed by atoms with van der Waals surface area (Å²) in [7, 11) is 0. The highest BCUT2D eigenvalue weighted by Crippen LogP contribution is 2.21. The van der Waals surface area contributed by atoms with E-state index in [2.05, 4.69) is 13.8 Å². The van der Waals surface area contributed by atoms with Crippen LogP contribution in [-0.4, -0.2) is 12.4 Å². The van der Waals surface area contributed by atoms with Crippen LogP contribution in [0.25, 0.3) is 0 Å². The minimum atomic E-state index is 0.00575. The largest absolute Gasteiger partial charge is 0.485 e. The Kier molecular flexibility index (Phi) is 4.79. The molecule has 0 aliphatic rings. The first-order valence-electron chi connectivity index (χ1n) is 7.31. The first-order chi connectivity index (χ1) is 9.99. The van der Waals surface area contributed by atoms with E-state index in [1.165, 1.54) is 11.1 Å². The van der Waals surface area contributed by atoms with Gasteiger partial charge in [-0.2, -0.15) is 0 Å². The van der Waals surface area contributed by atoms with E-state index in [4.69, 9.17) is 4.74 Å². The summed E-state index contributed by atoms with van der Waals surface area (Å²) in [6.45, 7) is 8.40. The molecule has 0 radical (unpaired) electrons. The van der Waals surface area contributed by atoms with Crippen molar-refractivity contribution in [1.29, 1.82) is 0 Å². The van der Waals surface area contributed by atoms with E-state index in [1.807, 2.05) is 56.3 Å². The molecule has 21 heavy (non-hydrogen) atoms. The molecule has 2 aromatic carbocycles. The number of hydrogen-bond donors (Lipinski definition) is 0. The minimum Gasteiger partial charge on any atom is -0.485 e. The highest BCUT2D eigenvalue weighted by atomic mass is 16.5. The molecule has 0 saturated heterocycles. The van der Waals surface area contributed by atoms with E-state index in [0.29, 0.717) is 11.5 Å². The number of benzene rings is 2. The molecule has 0 atom stereocenters. The van der Waals surface area contributed by atoms with Crippen molar-refractivity contribution in [3.63, 3.8) is 0 Å². The predicted octanol–water partition coefficient (Wildman–Crippen LogP) is 4.69. The molecule has 0 aliphatic carbocycles. The Morgan fingerprint density at radius 2 is 1.71 bits per heavy atom. The SMILES string of the molecule is Cc1cccc(OCC(=O)c2ccc(C(C)C)cc2)c1C. The fourth-order valence-electron chi connectivity index (χ4n) is 2.16. The number of carbonyl (C=O) groups excluding carboxylic acids is 1. The average Bonchev–Trinajstić information content (AvgIpc) is 2.48. The number of hydrogen-bond acceptors (Lipinski definition) is 2. The molecule has 2 heteroatoms. The van der Waals surface area contributed by atoms with E-state index in [9.17, 15) is 4.79 Å². The zero-order chi connectivity index (χ0) is 15.4. The highest BCUT2D eigenvalue weighted by molar-refractivity contribution is 5.97. The maximum Gasteiger partial charge on any atom is 0.200 e. The molecule has 0 spiro atoms. The molecule has 0 heterocycles. The zero-order valence-corrected chi connectivity index (χ0v) is 13.1. The third-order valence-corrected chi connectivity index (χ3v) is 3.81. The first kappa shape index (κ1) is 15.3. The van der Waals surface area contributed by atoms with Crippen LogP contribution in [0.15, 0.2) is 42.5 Å². The Morgan fingerprint density at radius 1 is 1.05 bits per heavy atom. The molecule has 2 aromatic rings. The normalized spacial score (nSPS) is 10.7. The predicted molar refractivity (Wildman–Crippen MR) is 86.3 cm³/mol. The van der Waals surface area contributed by atoms with Gasteiger partial charge in [-0.3, -0.25) is 4.79 Å². The van der Waals surface area contributed by atoms with Gasteiger partial charge in [-0.25, -0.2) is 0 Å². The van der Waals surface area contributed by atoms with Crippen molar-refractivity contribution in [2.45, 2.75) is 33.6 Å².